The summed E-state index contributed by atoms with van der Waals surface area (Å²) in [5.74, 6) is -1.15. The van der Waals surface area contributed by atoms with Crippen LogP contribution in [0.15, 0.2) is 12.1 Å². The molecule has 4 nitrogen and oxygen atoms in total. The van der Waals surface area contributed by atoms with Gasteiger partial charge in [0.05, 0.1) is 16.9 Å². The Balaban J connectivity index is 2.18. The van der Waals surface area contributed by atoms with E-state index in [1.54, 1.807) is 7.05 Å². The van der Waals surface area contributed by atoms with Gasteiger partial charge in [-0.15, -0.1) is 0 Å². The van der Waals surface area contributed by atoms with Crippen LogP contribution in [0.3, 0.4) is 0 Å². The topological polar surface area (TPSA) is 66.6 Å². The Kier molecular flexibility index (Phi) is 4.20. The van der Waals surface area contributed by atoms with Crippen LogP contribution in [-0.4, -0.2) is 35.1 Å². The smallest absolute Gasteiger partial charge is 0.255 e. The highest BCUT2D eigenvalue weighted by Gasteiger charge is 2.34. The molecule has 0 atom stereocenters. The second kappa shape index (κ2) is 5.58. The van der Waals surface area contributed by atoms with Gasteiger partial charge in [0.15, 0.2) is 0 Å². The quantitative estimate of drug-likeness (QED) is 0.843. The van der Waals surface area contributed by atoms with Crippen LogP contribution in [0, 0.1) is 5.82 Å². The molecule has 0 aliphatic heterocycles. The molecule has 6 heteroatoms. The minimum absolute atomic E-state index is 0.0269. The number of amides is 1. The Hall–Kier alpha value is -1.33. The van der Waals surface area contributed by atoms with E-state index in [2.05, 4.69) is 0 Å². The molecule has 2 rings (SSSR count). The van der Waals surface area contributed by atoms with Crippen molar-refractivity contribution in [2.45, 2.75) is 31.3 Å². The van der Waals surface area contributed by atoms with E-state index in [-0.39, 0.29) is 22.8 Å². The van der Waals surface area contributed by atoms with Crippen molar-refractivity contribution in [1.82, 2.24) is 4.90 Å². The lowest BCUT2D eigenvalue weighted by Gasteiger charge is -2.29. The summed E-state index contributed by atoms with van der Waals surface area (Å²) >= 11 is 5.75. The summed E-state index contributed by atoms with van der Waals surface area (Å²) in [6, 6.07) is 2.41. The highest BCUT2D eigenvalue weighted by Crippen LogP contribution is 2.31. The number of halogens is 2. The number of nitrogens with zero attached hydrogens (tertiary/aromatic N) is 1. The van der Waals surface area contributed by atoms with Crippen LogP contribution in [-0.2, 0) is 0 Å². The van der Waals surface area contributed by atoms with Crippen LogP contribution in [0.4, 0.5) is 10.1 Å². The number of likely N-dealkylation sites (N-methyl/N-ethyl adjacent to an activating group) is 1. The van der Waals surface area contributed by atoms with Gasteiger partial charge in [0.25, 0.3) is 5.91 Å². The minimum Gasteiger partial charge on any atom is -0.396 e. The molecule has 20 heavy (non-hydrogen) atoms. The number of carbonyl (C=O) groups excluding carboxylic acids is 1. The lowest BCUT2D eigenvalue weighted by molar-refractivity contribution is 0.0157. The van der Waals surface area contributed by atoms with Crippen molar-refractivity contribution in [1.29, 1.82) is 0 Å². The maximum atomic E-state index is 13.5. The third-order valence-electron chi connectivity index (χ3n) is 3.74. The summed E-state index contributed by atoms with van der Waals surface area (Å²) in [4.78, 5) is 13.7. The number of nitrogens with two attached hydrogens (primary N) is 1. The Morgan fingerprint density at radius 1 is 1.50 bits per heavy atom. The maximum absolute atomic E-state index is 13.5. The molecule has 1 aliphatic carbocycles. The predicted octanol–water partition coefficient (Wildman–Crippen LogP) is 2.44. The van der Waals surface area contributed by atoms with Crippen molar-refractivity contribution in [2.24, 2.45) is 0 Å². The van der Waals surface area contributed by atoms with E-state index in [0.717, 1.165) is 18.9 Å². The monoisotopic (exact) mass is 300 g/mol. The fraction of sp³-hybridized carbons (Fsp3) is 0.500. The number of aliphatic hydroxyl groups is 1. The number of anilines is 1. The van der Waals surface area contributed by atoms with Crippen LogP contribution in [0.5, 0.6) is 0 Å². The summed E-state index contributed by atoms with van der Waals surface area (Å²) < 4.78 is 13.5. The van der Waals surface area contributed by atoms with Crippen LogP contribution in [0.2, 0.25) is 5.02 Å². The second-order valence-electron chi connectivity index (χ2n) is 5.44. The van der Waals surface area contributed by atoms with E-state index in [4.69, 9.17) is 17.3 Å². The van der Waals surface area contributed by atoms with Crippen molar-refractivity contribution in [3.05, 3.63) is 28.5 Å². The molecule has 110 valence electrons. The Bertz CT molecular complexity index is 530. The van der Waals surface area contributed by atoms with Crippen molar-refractivity contribution in [3.8, 4) is 0 Å². The molecular formula is C14H18ClFN2O2. The predicted molar refractivity (Wildman–Crippen MR) is 76.2 cm³/mol. The first-order valence-corrected chi connectivity index (χ1v) is 6.92. The van der Waals surface area contributed by atoms with E-state index in [0.29, 0.717) is 12.8 Å². The number of benzene rings is 1. The van der Waals surface area contributed by atoms with Gasteiger partial charge in [-0.05, 0) is 25.0 Å². The molecule has 1 aromatic rings. The molecule has 1 amide bonds. The fourth-order valence-electron chi connectivity index (χ4n) is 2.67. The zero-order chi connectivity index (χ0) is 14.9. The summed E-state index contributed by atoms with van der Waals surface area (Å²) in [6.07, 6.45) is 3.24. The largest absolute Gasteiger partial charge is 0.396 e. The zero-order valence-corrected chi connectivity index (χ0v) is 12.1. The Labute approximate surface area is 122 Å². The van der Waals surface area contributed by atoms with Crippen molar-refractivity contribution in [3.63, 3.8) is 0 Å². The average Bonchev–Trinajstić information content (AvgIpc) is 2.79. The molecule has 0 aromatic heterocycles. The molecule has 0 spiro atoms. The van der Waals surface area contributed by atoms with Gasteiger partial charge in [-0.1, -0.05) is 24.4 Å². The molecule has 0 heterocycles. The summed E-state index contributed by atoms with van der Waals surface area (Å²) in [5.41, 5.74) is 4.55. The van der Waals surface area contributed by atoms with Crippen molar-refractivity contribution < 1.29 is 14.3 Å². The van der Waals surface area contributed by atoms with Gasteiger partial charge in [0.1, 0.15) is 5.82 Å². The molecule has 1 aromatic carbocycles. The van der Waals surface area contributed by atoms with Gasteiger partial charge in [0, 0.05) is 18.6 Å². The van der Waals surface area contributed by atoms with Gasteiger partial charge in [0.2, 0.25) is 0 Å². The Morgan fingerprint density at radius 2 is 2.10 bits per heavy atom. The van der Waals surface area contributed by atoms with Gasteiger partial charge in [-0.3, -0.25) is 4.79 Å². The van der Waals surface area contributed by atoms with E-state index in [9.17, 15) is 14.3 Å². The van der Waals surface area contributed by atoms with E-state index < -0.39 is 17.3 Å². The van der Waals surface area contributed by atoms with Crippen LogP contribution in [0.1, 0.15) is 36.0 Å². The fourth-order valence-corrected chi connectivity index (χ4v) is 2.88. The maximum Gasteiger partial charge on any atom is 0.255 e. The highest BCUT2D eigenvalue weighted by atomic mass is 35.5. The first kappa shape index (κ1) is 15.1. The lowest BCUT2D eigenvalue weighted by Crippen LogP contribution is -2.42. The third-order valence-corrected chi connectivity index (χ3v) is 3.96. The first-order chi connectivity index (χ1) is 9.32. The van der Waals surface area contributed by atoms with Crippen LogP contribution >= 0.6 is 11.6 Å². The van der Waals surface area contributed by atoms with Gasteiger partial charge in [-0.2, -0.15) is 0 Å². The van der Waals surface area contributed by atoms with Gasteiger partial charge in [-0.25, -0.2) is 4.39 Å². The summed E-state index contributed by atoms with van der Waals surface area (Å²) in [6.45, 7) is 0.208. The normalized spacial score (nSPS) is 17.2. The van der Waals surface area contributed by atoms with Crippen LogP contribution < -0.4 is 5.73 Å². The van der Waals surface area contributed by atoms with Gasteiger partial charge < -0.3 is 15.7 Å². The number of carbonyl (C=O) groups is 1. The van der Waals surface area contributed by atoms with Crippen molar-refractivity contribution >= 4 is 23.2 Å². The first-order valence-electron chi connectivity index (χ1n) is 6.55. The van der Waals surface area contributed by atoms with E-state index >= 15 is 0 Å². The molecule has 0 saturated heterocycles. The zero-order valence-electron chi connectivity index (χ0n) is 11.3. The highest BCUT2D eigenvalue weighted by molar-refractivity contribution is 6.31. The summed E-state index contributed by atoms with van der Waals surface area (Å²) in [5, 5.41) is 10.4. The molecule has 0 radical (unpaired) electrons. The van der Waals surface area contributed by atoms with Crippen molar-refractivity contribution in [2.75, 3.05) is 19.3 Å². The second-order valence-corrected chi connectivity index (χ2v) is 5.88. The molecule has 1 fully saturated rings. The molecule has 1 saturated carbocycles. The minimum atomic E-state index is -0.851. The standard InChI is InChI=1S/C14H18ClFN2O2/c1-18(8-14(20)4-2-3-5-14)13(19)10-6-9(15)7-11(16)12(10)17/h6-7,20H,2-5,8,17H2,1H3. The number of hydrogen-bond acceptors (Lipinski definition) is 3. The number of hydrogen-bond donors (Lipinski definition) is 2. The SMILES string of the molecule is CN(CC1(O)CCCC1)C(=O)c1cc(Cl)cc(F)c1N. The Morgan fingerprint density at radius 3 is 2.70 bits per heavy atom. The molecule has 0 unspecified atom stereocenters. The third kappa shape index (κ3) is 3.04. The molecule has 1 aliphatic rings. The average molecular weight is 301 g/mol. The lowest BCUT2D eigenvalue weighted by atomic mass is 10.0. The summed E-state index contributed by atoms with van der Waals surface area (Å²) in [7, 11) is 1.57. The molecule has 3 N–H and O–H groups in total. The number of nitrogen functional groups attached to an aromatic ring is 1. The van der Waals surface area contributed by atoms with Crippen LogP contribution in [0.25, 0.3) is 0 Å². The molecule has 0 bridgehead atoms. The number of rotatable bonds is 3. The van der Waals surface area contributed by atoms with Gasteiger partial charge >= 0.3 is 0 Å². The van der Waals surface area contributed by atoms with E-state index in [1.807, 2.05) is 0 Å². The van der Waals surface area contributed by atoms with E-state index in [1.165, 1.54) is 11.0 Å². The molecular weight excluding hydrogens is 283 g/mol.